The van der Waals surface area contributed by atoms with Gasteiger partial charge in [-0.3, -0.25) is 0 Å². The van der Waals surface area contributed by atoms with Gasteiger partial charge < -0.3 is 0 Å². The standard InChI is InChI=1S/C12H12S/c1-3-11-9(2)10-7-5-4-6-8-12(10)13-11/h3-6,8H,1,7H2,2H3. The van der Waals surface area contributed by atoms with Gasteiger partial charge in [-0.2, -0.15) is 0 Å². The first-order chi connectivity index (χ1) is 6.33. The van der Waals surface area contributed by atoms with E-state index >= 15 is 0 Å². The molecule has 0 aromatic carbocycles. The summed E-state index contributed by atoms with van der Waals surface area (Å²) in [4.78, 5) is 2.70. The lowest BCUT2D eigenvalue weighted by atomic mass is 10.1. The molecule has 2 rings (SSSR count). The molecule has 0 radical (unpaired) electrons. The van der Waals surface area contributed by atoms with Crippen LogP contribution in [0, 0.1) is 6.92 Å². The Morgan fingerprint density at radius 3 is 3.08 bits per heavy atom. The smallest absolute Gasteiger partial charge is 0.0314 e. The molecule has 1 aliphatic rings. The highest BCUT2D eigenvalue weighted by Gasteiger charge is 2.10. The zero-order valence-electron chi connectivity index (χ0n) is 7.71. The molecule has 0 N–H and O–H groups in total. The molecule has 1 aliphatic carbocycles. The number of allylic oxidation sites excluding steroid dienone is 3. The van der Waals surface area contributed by atoms with Crippen LogP contribution in [0.15, 0.2) is 24.8 Å². The summed E-state index contributed by atoms with van der Waals surface area (Å²) in [6, 6.07) is 0. The van der Waals surface area contributed by atoms with E-state index in [0.717, 1.165) is 6.42 Å². The van der Waals surface area contributed by atoms with Crippen LogP contribution in [0.25, 0.3) is 12.2 Å². The second kappa shape index (κ2) is 3.35. The van der Waals surface area contributed by atoms with Gasteiger partial charge in [0.1, 0.15) is 0 Å². The fraction of sp³-hybridized carbons (Fsp3) is 0.167. The van der Waals surface area contributed by atoms with Crippen molar-refractivity contribution in [2.45, 2.75) is 13.3 Å². The third kappa shape index (κ3) is 1.40. The molecule has 13 heavy (non-hydrogen) atoms. The van der Waals surface area contributed by atoms with Crippen molar-refractivity contribution in [3.63, 3.8) is 0 Å². The van der Waals surface area contributed by atoms with Gasteiger partial charge in [0.05, 0.1) is 0 Å². The highest BCUT2D eigenvalue weighted by Crippen LogP contribution is 2.31. The first kappa shape index (κ1) is 8.52. The highest BCUT2D eigenvalue weighted by molar-refractivity contribution is 7.14. The second-order valence-electron chi connectivity index (χ2n) is 3.13. The molecule has 0 fully saturated rings. The third-order valence-electron chi connectivity index (χ3n) is 2.34. The first-order valence-corrected chi connectivity index (χ1v) is 5.22. The predicted octanol–water partition coefficient (Wildman–Crippen LogP) is 3.83. The lowest BCUT2D eigenvalue weighted by Crippen LogP contribution is -1.83. The van der Waals surface area contributed by atoms with E-state index in [2.05, 4.69) is 37.8 Å². The maximum absolute atomic E-state index is 3.83. The molecule has 1 aromatic heterocycles. The molecule has 1 heteroatoms. The number of hydrogen-bond acceptors (Lipinski definition) is 1. The van der Waals surface area contributed by atoms with Crippen LogP contribution < -0.4 is 0 Å². The van der Waals surface area contributed by atoms with Gasteiger partial charge in [0, 0.05) is 9.75 Å². The van der Waals surface area contributed by atoms with Gasteiger partial charge in [0.2, 0.25) is 0 Å². The minimum absolute atomic E-state index is 1.05. The van der Waals surface area contributed by atoms with E-state index in [-0.39, 0.29) is 0 Å². The molecule has 0 spiro atoms. The third-order valence-corrected chi connectivity index (χ3v) is 3.64. The lowest BCUT2D eigenvalue weighted by Gasteiger charge is -1.96. The van der Waals surface area contributed by atoms with E-state index in [1.54, 1.807) is 0 Å². The summed E-state index contributed by atoms with van der Waals surface area (Å²) in [6.07, 6.45) is 11.6. The van der Waals surface area contributed by atoms with Crippen molar-refractivity contribution < 1.29 is 0 Å². The molecule has 1 heterocycles. The van der Waals surface area contributed by atoms with Crippen molar-refractivity contribution >= 4 is 23.5 Å². The zero-order chi connectivity index (χ0) is 9.26. The molecule has 0 saturated carbocycles. The van der Waals surface area contributed by atoms with E-state index in [1.165, 1.54) is 20.9 Å². The Hall–Kier alpha value is -1.08. The molecule has 1 aromatic rings. The number of thiophene rings is 1. The fourth-order valence-electron chi connectivity index (χ4n) is 1.58. The molecular formula is C12H12S. The summed E-state index contributed by atoms with van der Waals surface area (Å²) < 4.78 is 0. The monoisotopic (exact) mass is 188 g/mol. The molecule has 0 nitrogen and oxygen atoms in total. The van der Waals surface area contributed by atoms with Crippen LogP contribution in [0.4, 0.5) is 0 Å². The predicted molar refractivity (Wildman–Crippen MR) is 61.0 cm³/mol. The second-order valence-corrected chi connectivity index (χ2v) is 4.21. The molecule has 0 saturated heterocycles. The summed E-state index contributed by atoms with van der Waals surface area (Å²) in [7, 11) is 0. The zero-order valence-corrected chi connectivity index (χ0v) is 8.53. The van der Waals surface area contributed by atoms with Crippen LogP contribution in [0.3, 0.4) is 0 Å². The Morgan fingerprint density at radius 1 is 1.46 bits per heavy atom. The first-order valence-electron chi connectivity index (χ1n) is 4.41. The van der Waals surface area contributed by atoms with Gasteiger partial charge in [-0.25, -0.2) is 0 Å². The van der Waals surface area contributed by atoms with E-state index in [0.29, 0.717) is 0 Å². The van der Waals surface area contributed by atoms with Crippen LogP contribution in [-0.4, -0.2) is 0 Å². The summed E-state index contributed by atoms with van der Waals surface area (Å²) >= 11 is 1.83. The average molecular weight is 188 g/mol. The van der Waals surface area contributed by atoms with Crippen molar-refractivity contribution in [1.29, 1.82) is 0 Å². The van der Waals surface area contributed by atoms with Crippen LogP contribution in [0.1, 0.15) is 20.9 Å². The van der Waals surface area contributed by atoms with Crippen LogP contribution in [0.5, 0.6) is 0 Å². The SMILES string of the molecule is C=Cc1sc2c(c1C)CC=CC=C2. The number of rotatable bonds is 1. The summed E-state index contributed by atoms with van der Waals surface area (Å²) in [6.45, 7) is 6.01. The Labute approximate surface area is 82.9 Å². The summed E-state index contributed by atoms with van der Waals surface area (Å²) in [5.41, 5.74) is 2.86. The quantitative estimate of drug-likeness (QED) is 0.628. The normalized spacial score (nSPS) is 13.9. The maximum atomic E-state index is 3.83. The fourth-order valence-corrected chi connectivity index (χ4v) is 2.68. The van der Waals surface area contributed by atoms with Crippen molar-refractivity contribution in [3.8, 4) is 0 Å². The van der Waals surface area contributed by atoms with Gasteiger partial charge in [-0.1, -0.05) is 30.9 Å². The number of hydrogen-bond donors (Lipinski definition) is 0. The van der Waals surface area contributed by atoms with Gasteiger partial charge in [-0.15, -0.1) is 11.3 Å². The average Bonchev–Trinajstić information content (AvgIpc) is 2.37. The van der Waals surface area contributed by atoms with Crippen LogP contribution >= 0.6 is 11.3 Å². The molecule has 0 aliphatic heterocycles. The number of fused-ring (bicyclic) bond motifs is 1. The minimum Gasteiger partial charge on any atom is -0.136 e. The largest absolute Gasteiger partial charge is 0.136 e. The summed E-state index contributed by atoms with van der Waals surface area (Å²) in [5.74, 6) is 0. The Kier molecular flexibility index (Phi) is 2.19. The molecule has 0 unspecified atom stereocenters. The van der Waals surface area contributed by atoms with Crippen LogP contribution in [0.2, 0.25) is 0 Å². The van der Waals surface area contributed by atoms with Gasteiger partial charge in [0.15, 0.2) is 0 Å². The Bertz CT molecular complexity index is 392. The topological polar surface area (TPSA) is 0 Å². The van der Waals surface area contributed by atoms with Gasteiger partial charge >= 0.3 is 0 Å². The minimum atomic E-state index is 1.05. The van der Waals surface area contributed by atoms with E-state index in [9.17, 15) is 0 Å². The molecule has 0 atom stereocenters. The van der Waals surface area contributed by atoms with Crippen molar-refractivity contribution in [1.82, 2.24) is 0 Å². The van der Waals surface area contributed by atoms with Crippen LogP contribution in [-0.2, 0) is 6.42 Å². The maximum Gasteiger partial charge on any atom is 0.0314 e. The van der Waals surface area contributed by atoms with E-state index < -0.39 is 0 Å². The lowest BCUT2D eigenvalue weighted by molar-refractivity contribution is 1.24. The summed E-state index contributed by atoms with van der Waals surface area (Å²) in [5, 5.41) is 0. The highest BCUT2D eigenvalue weighted by atomic mass is 32.1. The van der Waals surface area contributed by atoms with E-state index in [1.807, 2.05) is 17.4 Å². The van der Waals surface area contributed by atoms with Crippen molar-refractivity contribution in [2.75, 3.05) is 0 Å². The van der Waals surface area contributed by atoms with Gasteiger partial charge in [-0.05, 0) is 30.5 Å². The Morgan fingerprint density at radius 2 is 2.31 bits per heavy atom. The van der Waals surface area contributed by atoms with Crippen molar-refractivity contribution in [3.05, 3.63) is 45.7 Å². The molecule has 0 amide bonds. The van der Waals surface area contributed by atoms with Crippen molar-refractivity contribution in [2.24, 2.45) is 0 Å². The van der Waals surface area contributed by atoms with Gasteiger partial charge in [0.25, 0.3) is 0 Å². The Balaban J connectivity index is 2.59. The van der Waals surface area contributed by atoms with E-state index in [4.69, 9.17) is 0 Å². The molecular weight excluding hydrogens is 176 g/mol. The molecule has 0 bridgehead atoms. The molecule has 66 valence electrons.